The molecule has 0 aliphatic heterocycles. The Kier molecular flexibility index (Phi) is 4.87. The van der Waals surface area contributed by atoms with Crippen molar-refractivity contribution in [2.45, 2.75) is 18.9 Å². The summed E-state index contributed by atoms with van der Waals surface area (Å²) in [6.07, 6.45) is 0. The van der Waals surface area contributed by atoms with Crippen molar-refractivity contribution in [2.75, 3.05) is 0 Å². The maximum Gasteiger partial charge on any atom is 0.237 e. The van der Waals surface area contributed by atoms with E-state index in [2.05, 4.69) is 55.5 Å². The molecule has 0 aromatic heterocycles. The van der Waals surface area contributed by atoms with Crippen LogP contribution in [-0.2, 0) is 0 Å². The Morgan fingerprint density at radius 1 is 0.889 bits per heavy atom. The minimum atomic E-state index is -1.53. The first kappa shape index (κ1) is 13.7. The highest BCUT2D eigenvalue weighted by atomic mass is 35.7. The summed E-state index contributed by atoms with van der Waals surface area (Å²) in [4.78, 5) is 0. The third-order valence-corrected chi connectivity index (χ3v) is 5.25. The van der Waals surface area contributed by atoms with Gasteiger partial charge in [-0.05, 0) is 28.7 Å². The lowest BCUT2D eigenvalue weighted by atomic mass is 9.99. The SMILES string of the molecule is CC(C[SiH](Cl)Cl)c1ccc(-c2ccccc2)cc1. The van der Waals surface area contributed by atoms with E-state index in [0.29, 0.717) is 5.92 Å². The van der Waals surface area contributed by atoms with Gasteiger partial charge in [-0.25, -0.2) is 0 Å². The van der Waals surface area contributed by atoms with Crippen LogP contribution >= 0.6 is 22.2 Å². The van der Waals surface area contributed by atoms with E-state index in [4.69, 9.17) is 22.2 Å². The standard InChI is InChI=1S/C15H16Cl2Si/c1-12(11-18(16)17)13-7-9-15(10-8-13)14-5-3-2-4-6-14/h2-10,12,18H,11H2,1H3. The fourth-order valence-electron chi connectivity index (χ4n) is 2.04. The quantitative estimate of drug-likeness (QED) is 0.540. The van der Waals surface area contributed by atoms with Crippen molar-refractivity contribution in [1.82, 2.24) is 0 Å². The fourth-order valence-corrected chi connectivity index (χ4v) is 4.45. The molecule has 0 amide bonds. The lowest BCUT2D eigenvalue weighted by molar-refractivity contribution is 0.861. The molecule has 1 unspecified atom stereocenters. The first-order valence-corrected chi connectivity index (χ1v) is 10.4. The smallest absolute Gasteiger partial charge is 0.150 e. The van der Waals surface area contributed by atoms with E-state index in [1.807, 2.05) is 6.07 Å². The van der Waals surface area contributed by atoms with Crippen molar-refractivity contribution in [2.24, 2.45) is 0 Å². The fraction of sp³-hybridized carbons (Fsp3) is 0.200. The molecule has 2 rings (SSSR count). The van der Waals surface area contributed by atoms with Crippen LogP contribution in [0.3, 0.4) is 0 Å². The molecule has 0 aliphatic rings. The molecule has 2 aromatic rings. The van der Waals surface area contributed by atoms with Crippen molar-refractivity contribution in [1.29, 1.82) is 0 Å². The summed E-state index contributed by atoms with van der Waals surface area (Å²) in [5, 5.41) is 0. The van der Waals surface area contributed by atoms with Gasteiger partial charge in [0, 0.05) is 0 Å². The summed E-state index contributed by atoms with van der Waals surface area (Å²) < 4.78 is 0. The molecule has 2 aromatic carbocycles. The minimum absolute atomic E-state index is 0.446. The molecule has 0 heterocycles. The predicted molar refractivity (Wildman–Crippen MR) is 84.0 cm³/mol. The number of halogens is 2. The van der Waals surface area contributed by atoms with Crippen LogP contribution in [0, 0.1) is 0 Å². The molecule has 0 saturated heterocycles. The van der Waals surface area contributed by atoms with Gasteiger partial charge in [0.25, 0.3) is 0 Å². The Morgan fingerprint density at radius 3 is 2.00 bits per heavy atom. The molecule has 94 valence electrons. The van der Waals surface area contributed by atoms with Gasteiger partial charge in [0.15, 0.2) is 0 Å². The zero-order valence-corrected chi connectivity index (χ0v) is 13.0. The van der Waals surface area contributed by atoms with Crippen LogP contribution in [0.2, 0.25) is 6.04 Å². The van der Waals surface area contributed by atoms with Gasteiger partial charge in [-0.1, -0.05) is 61.5 Å². The van der Waals surface area contributed by atoms with E-state index >= 15 is 0 Å². The first-order chi connectivity index (χ1) is 8.66. The summed E-state index contributed by atoms with van der Waals surface area (Å²) in [5.74, 6) is 0.446. The molecule has 0 fully saturated rings. The van der Waals surface area contributed by atoms with Gasteiger partial charge < -0.3 is 0 Å². The highest BCUT2D eigenvalue weighted by molar-refractivity contribution is 7.33. The first-order valence-electron chi connectivity index (χ1n) is 6.10. The predicted octanol–water partition coefficient (Wildman–Crippen LogP) is 5.16. The molecule has 1 atom stereocenters. The monoisotopic (exact) mass is 294 g/mol. The van der Waals surface area contributed by atoms with Gasteiger partial charge in [0.1, 0.15) is 0 Å². The van der Waals surface area contributed by atoms with Crippen LogP contribution in [0.5, 0.6) is 0 Å². The molecule has 0 bridgehead atoms. The highest BCUT2D eigenvalue weighted by Gasteiger charge is 2.11. The van der Waals surface area contributed by atoms with Crippen LogP contribution in [0.25, 0.3) is 11.1 Å². The Balaban J connectivity index is 2.15. The molecule has 3 heteroatoms. The molecular weight excluding hydrogens is 279 g/mol. The summed E-state index contributed by atoms with van der Waals surface area (Å²) in [6.45, 7) is 2.18. The molecule has 0 saturated carbocycles. The van der Waals surface area contributed by atoms with E-state index in [-0.39, 0.29) is 0 Å². The van der Waals surface area contributed by atoms with Crippen molar-refractivity contribution in [3.05, 3.63) is 60.2 Å². The number of benzene rings is 2. The van der Waals surface area contributed by atoms with E-state index in [1.165, 1.54) is 16.7 Å². The molecule has 18 heavy (non-hydrogen) atoms. The Bertz CT molecular complexity index is 480. The third-order valence-electron chi connectivity index (χ3n) is 3.12. The third kappa shape index (κ3) is 3.61. The normalized spacial score (nSPS) is 12.7. The van der Waals surface area contributed by atoms with E-state index < -0.39 is 7.42 Å². The average molecular weight is 295 g/mol. The molecular formula is C15H16Cl2Si. The van der Waals surface area contributed by atoms with E-state index in [0.717, 1.165) is 6.04 Å². The second kappa shape index (κ2) is 6.42. The van der Waals surface area contributed by atoms with Crippen molar-refractivity contribution in [3.63, 3.8) is 0 Å². The lowest BCUT2D eigenvalue weighted by Gasteiger charge is -2.12. The number of hydrogen-bond donors (Lipinski definition) is 0. The Hall–Kier alpha value is -0.763. The largest absolute Gasteiger partial charge is 0.237 e. The average Bonchev–Trinajstić information content (AvgIpc) is 2.39. The number of hydrogen-bond acceptors (Lipinski definition) is 0. The van der Waals surface area contributed by atoms with Crippen molar-refractivity contribution >= 4 is 29.6 Å². The van der Waals surface area contributed by atoms with Crippen LogP contribution in [-0.4, -0.2) is 7.42 Å². The van der Waals surface area contributed by atoms with Crippen LogP contribution in [0.15, 0.2) is 54.6 Å². The Labute approximate surface area is 120 Å². The minimum Gasteiger partial charge on any atom is -0.150 e. The number of rotatable bonds is 4. The van der Waals surface area contributed by atoms with Crippen LogP contribution < -0.4 is 0 Å². The van der Waals surface area contributed by atoms with Gasteiger partial charge in [-0.2, -0.15) is 22.2 Å². The van der Waals surface area contributed by atoms with E-state index in [9.17, 15) is 0 Å². The second-order valence-corrected chi connectivity index (χ2v) is 9.60. The topological polar surface area (TPSA) is 0 Å². The summed E-state index contributed by atoms with van der Waals surface area (Å²) >= 11 is 11.9. The second-order valence-electron chi connectivity index (χ2n) is 4.52. The highest BCUT2D eigenvalue weighted by Crippen LogP contribution is 2.26. The van der Waals surface area contributed by atoms with Crippen molar-refractivity contribution < 1.29 is 0 Å². The molecule has 0 N–H and O–H groups in total. The lowest BCUT2D eigenvalue weighted by Crippen LogP contribution is -2.01. The molecule has 0 aliphatic carbocycles. The molecule has 0 nitrogen and oxygen atoms in total. The van der Waals surface area contributed by atoms with Gasteiger partial charge in [-0.15, -0.1) is 0 Å². The van der Waals surface area contributed by atoms with Gasteiger partial charge >= 0.3 is 0 Å². The van der Waals surface area contributed by atoms with Crippen molar-refractivity contribution in [3.8, 4) is 11.1 Å². The van der Waals surface area contributed by atoms with Gasteiger partial charge in [0.05, 0.1) is 0 Å². The van der Waals surface area contributed by atoms with E-state index in [1.54, 1.807) is 0 Å². The zero-order valence-electron chi connectivity index (χ0n) is 10.3. The van der Waals surface area contributed by atoms with Gasteiger partial charge in [0.2, 0.25) is 7.42 Å². The summed E-state index contributed by atoms with van der Waals surface area (Å²) in [7, 11) is -1.53. The summed E-state index contributed by atoms with van der Waals surface area (Å²) in [5.41, 5.74) is 3.81. The maximum atomic E-state index is 5.95. The molecule has 0 spiro atoms. The summed E-state index contributed by atoms with van der Waals surface area (Å²) in [6, 6.07) is 20.0. The Morgan fingerprint density at radius 2 is 1.44 bits per heavy atom. The maximum absolute atomic E-state index is 5.95. The molecule has 0 radical (unpaired) electrons. The van der Waals surface area contributed by atoms with Crippen LogP contribution in [0.4, 0.5) is 0 Å². The zero-order chi connectivity index (χ0) is 13.0. The van der Waals surface area contributed by atoms with Gasteiger partial charge in [-0.3, -0.25) is 0 Å². The van der Waals surface area contributed by atoms with Crippen LogP contribution in [0.1, 0.15) is 18.4 Å².